The molecule has 98 valence electrons. The van der Waals surface area contributed by atoms with Gasteiger partial charge < -0.3 is 0 Å². The summed E-state index contributed by atoms with van der Waals surface area (Å²) in [5, 5.41) is 0. The summed E-state index contributed by atoms with van der Waals surface area (Å²) < 4.78 is 0. The van der Waals surface area contributed by atoms with Crippen molar-refractivity contribution in [3.63, 3.8) is 0 Å². The number of benzene rings is 1. The number of allylic oxidation sites excluding steroid dienone is 1. The van der Waals surface area contributed by atoms with E-state index in [9.17, 15) is 0 Å². The first kappa shape index (κ1) is 12.3. The Morgan fingerprint density at radius 1 is 1.16 bits per heavy atom. The van der Waals surface area contributed by atoms with Crippen molar-refractivity contribution in [3.05, 3.63) is 47.8 Å². The number of nitrogens with two attached hydrogens (primary N) is 1. The second kappa shape index (κ2) is 5.47. The molecule has 2 aromatic rings. The number of hydrogen-bond acceptors (Lipinski definition) is 4. The van der Waals surface area contributed by atoms with Crippen LogP contribution < -0.4 is 11.3 Å². The fourth-order valence-corrected chi connectivity index (χ4v) is 2.62. The summed E-state index contributed by atoms with van der Waals surface area (Å²) in [7, 11) is 0. The van der Waals surface area contributed by atoms with Gasteiger partial charge in [-0.25, -0.2) is 10.4 Å². The summed E-state index contributed by atoms with van der Waals surface area (Å²) in [5.74, 6) is 5.72. The van der Waals surface area contributed by atoms with Gasteiger partial charge in [0.25, 0.3) is 0 Å². The highest BCUT2D eigenvalue weighted by Gasteiger charge is 2.18. The zero-order valence-electron chi connectivity index (χ0n) is 10.8. The smallest absolute Gasteiger partial charge is 0.0891 e. The topological polar surface area (TPSA) is 63.8 Å². The molecule has 1 aliphatic rings. The first-order valence-corrected chi connectivity index (χ1v) is 6.75. The van der Waals surface area contributed by atoms with E-state index in [1.165, 1.54) is 18.4 Å². The Morgan fingerprint density at radius 3 is 2.74 bits per heavy atom. The van der Waals surface area contributed by atoms with Crippen LogP contribution in [0.3, 0.4) is 0 Å². The predicted octanol–water partition coefficient (Wildman–Crippen LogP) is 2.63. The molecule has 0 spiro atoms. The van der Waals surface area contributed by atoms with E-state index in [-0.39, 0.29) is 6.04 Å². The van der Waals surface area contributed by atoms with Crippen LogP contribution in [0.4, 0.5) is 0 Å². The molecule has 1 unspecified atom stereocenters. The molecule has 3 rings (SSSR count). The average molecular weight is 254 g/mol. The van der Waals surface area contributed by atoms with Crippen LogP contribution in [-0.2, 0) is 0 Å². The minimum Gasteiger partial charge on any atom is -0.271 e. The molecule has 1 aliphatic carbocycles. The van der Waals surface area contributed by atoms with E-state index in [1.54, 1.807) is 0 Å². The monoisotopic (exact) mass is 254 g/mol. The molecule has 0 radical (unpaired) electrons. The molecule has 0 fully saturated rings. The fraction of sp³-hybridized carbons (Fsp3) is 0.333. The lowest BCUT2D eigenvalue weighted by atomic mass is 9.92. The van der Waals surface area contributed by atoms with Crippen LogP contribution in [0.5, 0.6) is 0 Å². The molecule has 19 heavy (non-hydrogen) atoms. The van der Waals surface area contributed by atoms with E-state index >= 15 is 0 Å². The molecule has 0 saturated heterocycles. The van der Waals surface area contributed by atoms with Crippen molar-refractivity contribution in [1.29, 1.82) is 0 Å². The summed E-state index contributed by atoms with van der Waals surface area (Å²) in [5.41, 5.74) is 6.94. The van der Waals surface area contributed by atoms with Gasteiger partial charge in [0.1, 0.15) is 0 Å². The van der Waals surface area contributed by atoms with E-state index in [2.05, 4.69) is 21.5 Å². The number of fused-ring (bicyclic) bond motifs is 1. The summed E-state index contributed by atoms with van der Waals surface area (Å²) >= 11 is 0. The number of rotatable bonds is 3. The number of para-hydroxylation sites is 2. The van der Waals surface area contributed by atoms with Gasteiger partial charge in [-0.05, 0) is 43.4 Å². The second-order valence-electron chi connectivity index (χ2n) is 4.91. The first-order chi connectivity index (χ1) is 9.38. The Hall–Kier alpha value is -1.78. The minimum atomic E-state index is -0.0163. The molecular formula is C15H18N4. The maximum atomic E-state index is 5.72. The molecule has 4 nitrogen and oxygen atoms in total. The Kier molecular flexibility index (Phi) is 3.53. The van der Waals surface area contributed by atoms with Gasteiger partial charge in [-0.2, -0.15) is 0 Å². The summed E-state index contributed by atoms with van der Waals surface area (Å²) in [6.07, 6.45) is 8.82. The van der Waals surface area contributed by atoms with Crippen LogP contribution in [-0.4, -0.2) is 9.97 Å². The summed E-state index contributed by atoms with van der Waals surface area (Å²) in [6, 6.07) is 7.88. The molecular weight excluding hydrogens is 236 g/mol. The number of hydrogen-bond donors (Lipinski definition) is 2. The molecule has 0 amide bonds. The van der Waals surface area contributed by atoms with Crippen LogP contribution in [0.15, 0.2) is 42.1 Å². The van der Waals surface area contributed by atoms with Crippen molar-refractivity contribution in [2.45, 2.75) is 31.7 Å². The normalized spacial score (nSPS) is 17.2. The van der Waals surface area contributed by atoms with Gasteiger partial charge in [-0.1, -0.05) is 18.2 Å². The quantitative estimate of drug-likeness (QED) is 0.502. The molecule has 0 aliphatic heterocycles. The standard InChI is InChI=1S/C15H18N4/c16-19-15(11-6-2-1-3-7-11)14-10-17-12-8-4-5-9-13(12)18-14/h4-6,8-10,15,19H,1-3,7,16H2. The summed E-state index contributed by atoms with van der Waals surface area (Å²) in [4.78, 5) is 9.14. The van der Waals surface area contributed by atoms with E-state index in [4.69, 9.17) is 5.84 Å². The fourth-order valence-electron chi connectivity index (χ4n) is 2.62. The maximum absolute atomic E-state index is 5.72. The predicted molar refractivity (Wildman–Crippen MR) is 76.2 cm³/mol. The first-order valence-electron chi connectivity index (χ1n) is 6.75. The maximum Gasteiger partial charge on any atom is 0.0891 e. The molecule has 1 aromatic carbocycles. The van der Waals surface area contributed by atoms with Gasteiger partial charge in [0, 0.05) is 0 Å². The Bertz CT molecular complexity index is 606. The van der Waals surface area contributed by atoms with Gasteiger partial charge in [-0.15, -0.1) is 0 Å². The lowest BCUT2D eigenvalue weighted by Gasteiger charge is -2.22. The van der Waals surface area contributed by atoms with E-state index in [0.29, 0.717) is 0 Å². The lowest BCUT2D eigenvalue weighted by molar-refractivity contribution is 0.555. The highest BCUT2D eigenvalue weighted by molar-refractivity contribution is 5.73. The zero-order valence-corrected chi connectivity index (χ0v) is 10.8. The van der Waals surface area contributed by atoms with Crippen molar-refractivity contribution in [3.8, 4) is 0 Å². The second-order valence-corrected chi connectivity index (χ2v) is 4.91. The Labute approximate surface area is 112 Å². The van der Waals surface area contributed by atoms with Gasteiger partial charge in [0.2, 0.25) is 0 Å². The number of aromatic nitrogens is 2. The van der Waals surface area contributed by atoms with Gasteiger partial charge in [-0.3, -0.25) is 10.8 Å². The third kappa shape index (κ3) is 2.50. The number of nitrogens with one attached hydrogen (secondary N) is 1. The number of nitrogens with zero attached hydrogens (tertiary/aromatic N) is 2. The molecule has 0 saturated carbocycles. The van der Waals surface area contributed by atoms with Crippen LogP contribution in [0.1, 0.15) is 37.4 Å². The van der Waals surface area contributed by atoms with Crippen molar-refractivity contribution >= 4 is 11.0 Å². The molecule has 1 atom stereocenters. The lowest BCUT2D eigenvalue weighted by Crippen LogP contribution is -2.30. The van der Waals surface area contributed by atoms with Crippen molar-refractivity contribution in [2.24, 2.45) is 5.84 Å². The Balaban J connectivity index is 1.98. The molecule has 4 heteroatoms. The highest BCUT2D eigenvalue weighted by Crippen LogP contribution is 2.28. The van der Waals surface area contributed by atoms with Crippen molar-refractivity contribution < 1.29 is 0 Å². The van der Waals surface area contributed by atoms with Crippen LogP contribution >= 0.6 is 0 Å². The highest BCUT2D eigenvalue weighted by atomic mass is 15.2. The third-order valence-corrected chi connectivity index (χ3v) is 3.63. The zero-order chi connectivity index (χ0) is 13.1. The minimum absolute atomic E-state index is 0.0163. The molecule has 3 N–H and O–H groups in total. The molecule has 1 aromatic heterocycles. The molecule has 1 heterocycles. The largest absolute Gasteiger partial charge is 0.271 e. The van der Waals surface area contributed by atoms with E-state index in [0.717, 1.165) is 29.6 Å². The van der Waals surface area contributed by atoms with Crippen molar-refractivity contribution in [2.75, 3.05) is 0 Å². The average Bonchev–Trinajstić information content (AvgIpc) is 2.49. The number of hydrazine groups is 1. The van der Waals surface area contributed by atoms with Gasteiger partial charge in [0.05, 0.1) is 29.0 Å². The third-order valence-electron chi connectivity index (χ3n) is 3.63. The van der Waals surface area contributed by atoms with Crippen LogP contribution in [0, 0.1) is 0 Å². The SMILES string of the molecule is NNC(C1=CCCCC1)c1cnc2ccccc2n1. The Morgan fingerprint density at radius 2 is 2.00 bits per heavy atom. The van der Waals surface area contributed by atoms with Crippen LogP contribution in [0.2, 0.25) is 0 Å². The van der Waals surface area contributed by atoms with Gasteiger partial charge >= 0.3 is 0 Å². The molecule has 0 bridgehead atoms. The van der Waals surface area contributed by atoms with E-state index in [1.807, 2.05) is 30.5 Å². The van der Waals surface area contributed by atoms with Crippen molar-refractivity contribution in [1.82, 2.24) is 15.4 Å². The van der Waals surface area contributed by atoms with Gasteiger partial charge in [0.15, 0.2) is 0 Å². The summed E-state index contributed by atoms with van der Waals surface area (Å²) in [6.45, 7) is 0. The van der Waals surface area contributed by atoms with E-state index < -0.39 is 0 Å². The van der Waals surface area contributed by atoms with Crippen LogP contribution in [0.25, 0.3) is 11.0 Å².